The lowest BCUT2D eigenvalue weighted by atomic mass is 9.78. The third-order valence-corrected chi connectivity index (χ3v) is 8.03. The third kappa shape index (κ3) is 8.62. The van der Waals surface area contributed by atoms with Crippen molar-refractivity contribution in [1.82, 2.24) is 14.7 Å². The van der Waals surface area contributed by atoms with Crippen LogP contribution in [0.2, 0.25) is 0 Å². The molecule has 43 heavy (non-hydrogen) atoms. The molecule has 1 saturated heterocycles. The number of aryl methyl sites for hydroxylation is 1. The number of carbonyl (C=O) groups is 2. The number of carbonyl (C=O) groups excluding carboxylic acids is 2. The highest BCUT2D eigenvalue weighted by Gasteiger charge is 2.41. The molecule has 2 aromatic rings. The van der Waals surface area contributed by atoms with Gasteiger partial charge in [0.25, 0.3) is 0 Å². The molecule has 1 aliphatic heterocycles. The van der Waals surface area contributed by atoms with Crippen molar-refractivity contribution in [2.45, 2.75) is 65.0 Å². The number of hydrogen-bond acceptors (Lipinski definition) is 3. The summed E-state index contributed by atoms with van der Waals surface area (Å²) in [5, 5.41) is 0. The Morgan fingerprint density at radius 1 is 0.977 bits per heavy atom. The van der Waals surface area contributed by atoms with E-state index in [2.05, 4.69) is 0 Å². The van der Waals surface area contributed by atoms with Crippen LogP contribution in [0.25, 0.3) is 0 Å². The molecular formula is C30H37ClF7N3O2. The molecule has 13 heteroatoms. The molecule has 5 nitrogen and oxygen atoms in total. The van der Waals surface area contributed by atoms with Crippen molar-refractivity contribution in [1.29, 1.82) is 0 Å². The van der Waals surface area contributed by atoms with Crippen LogP contribution in [0.15, 0.2) is 36.4 Å². The van der Waals surface area contributed by atoms with E-state index in [1.807, 2.05) is 25.7 Å². The van der Waals surface area contributed by atoms with Crippen LogP contribution in [0, 0.1) is 18.7 Å². The van der Waals surface area contributed by atoms with Crippen LogP contribution in [0.1, 0.15) is 60.9 Å². The van der Waals surface area contributed by atoms with Gasteiger partial charge in [-0.1, -0.05) is 19.9 Å². The molecule has 0 spiro atoms. The Morgan fingerprint density at radius 3 is 2.02 bits per heavy atom. The van der Waals surface area contributed by atoms with Crippen molar-refractivity contribution in [3.63, 3.8) is 0 Å². The molecule has 0 radical (unpaired) electrons. The normalized spacial score (nSPS) is 18.3. The number of nitrogens with zero attached hydrogens (tertiary/aromatic N) is 3. The van der Waals surface area contributed by atoms with E-state index in [1.54, 1.807) is 17.9 Å². The summed E-state index contributed by atoms with van der Waals surface area (Å²) in [7, 11) is 1.32. The maximum absolute atomic E-state index is 13.9. The Morgan fingerprint density at radius 2 is 1.53 bits per heavy atom. The average Bonchev–Trinajstić information content (AvgIpc) is 2.91. The largest absolute Gasteiger partial charge is 0.416 e. The molecule has 1 heterocycles. The molecule has 1 fully saturated rings. The van der Waals surface area contributed by atoms with E-state index in [-0.39, 0.29) is 49.5 Å². The van der Waals surface area contributed by atoms with E-state index in [4.69, 9.17) is 0 Å². The quantitative estimate of drug-likeness (QED) is 0.295. The van der Waals surface area contributed by atoms with Gasteiger partial charge in [0.1, 0.15) is 5.82 Å². The smallest absolute Gasteiger partial charge is 0.341 e. The summed E-state index contributed by atoms with van der Waals surface area (Å²) in [5.74, 6) is -2.38. The summed E-state index contributed by atoms with van der Waals surface area (Å²) >= 11 is 0. The number of alkyl halides is 6. The Hall–Kier alpha value is -2.86. The van der Waals surface area contributed by atoms with Gasteiger partial charge in [0.2, 0.25) is 11.8 Å². The van der Waals surface area contributed by atoms with Crippen LogP contribution in [-0.2, 0) is 28.5 Å². The van der Waals surface area contributed by atoms with Crippen LogP contribution >= 0.6 is 12.4 Å². The van der Waals surface area contributed by atoms with Gasteiger partial charge >= 0.3 is 12.4 Å². The van der Waals surface area contributed by atoms with Crippen molar-refractivity contribution >= 4 is 24.2 Å². The molecular weight excluding hydrogens is 603 g/mol. The lowest BCUT2D eigenvalue weighted by molar-refractivity contribution is -0.144. The van der Waals surface area contributed by atoms with Gasteiger partial charge in [0.15, 0.2) is 0 Å². The van der Waals surface area contributed by atoms with Crippen molar-refractivity contribution < 1.29 is 40.3 Å². The van der Waals surface area contributed by atoms with E-state index in [0.29, 0.717) is 36.3 Å². The number of benzene rings is 2. The summed E-state index contributed by atoms with van der Waals surface area (Å²) < 4.78 is 94.2. The van der Waals surface area contributed by atoms with Crippen LogP contribution in [-0.4, -0.2) is 65.8 Å². The minimum atomic E-state index is -5.01. The van der Waals surface area contributed by atoms with E-state index in [9.17, 15) is 40.3 Å². The molecule has 1 aliphatic rings. The lowest BCUT2D eigenvalue weighted by Crippen LogP contribution is -2.53. The number of amides is 2. The Labute approximate surface area is 253 Å². The first-order chi connectivity index (χ1) is 19.5. The van der Waals surface area contributed by atoms with Crippen molar-refractivity contribution in [3.05, 3.63) is 70.0 Å². The Bertz CT molecular complexity index is 1250. The molecule has 2 amide bonds. The number of hydrogen-bond donors (Lipinski definition) is 0. The van der Waals surface area contributed by atoms with Crippen LogP contribution in [0.4, 0.5) is 30.7 Å². The third-order valence-electron chi connectivity index (χ3n) is 8.03. The highest BCUT2D eigenvalue weighted by molar-refractivity contribution is 5.85. The molecule has 0 aromatic heterocycles. The summed E-state index contributed by atoms with van der Waals surface area (Å²) in [6.45, 7) is 8.62. The molecule has 0 bridgehead atoms. The standard InChI is InChI=1S/C30H36F7N3O2.ClH/c1-6-39(7-2)19(4)27(41)40-11-10-25(26(17-40)24-9-8-23(31)12-18(24)3)28(42)38(5)16-20-13-21(29(32,33)34)15-22(14-20)30(35,36)37;/h8-9,12-15,19,25-26H,6-7,10-11,16-17H2,1-5H3;1H/t19?,25-,26+;/m1./s1. The topological polar surface area (TPSA) is 43.9 Å². The van der Waals surface area contributed by atoms with Gasteiger partial charge in [-0.05, 0) is 80.4 Å². The predicted octanol–water partition coefficient (Wildman–Crippen LogP) is 6.91. The summed E-state index contributed by atoms with van der Waals surface area (Å²) in [4.78, 5) is 31.9. The lowest BCUT2D eigenvalue weighted by Gasteiger charge is -2.42. The minimum Gasteiger partial charge on any atom is -0.341 e. The van der Waals surface area contributed by atoms with E-state index >= 15 is 0 Å². The first-order valence-corrected chi connectivity index (χ1v) is 13.8. The molecule has 0 aliphatic carbocycles. The van der Waals surface area contributed by atoms with Gasteiger partial charge in [-0.25, -0.2) is 4.39 Å². The molecule has 3 rings (SSSR count). The highest BCUT2D eigenvalue weighted by atomic mass is 35.5. The van der Waals surface area contributed by atoms with Gasteiger partial charge < -0.3 is 9.80 Å². The second-order valence-electron chi connectivity index (χ2n) is 10.8. The van der Waals surface area contributed by atoms with Crippen LogP contribution in [0.3, 0.4) is 0 Å². The Balaban J connectivity index is 0.00000645. The second-order valence-corrected chi connectivity index (χ2v) is 10.8. The van der Waals surface area contributed by atoms with Gasteiger partial charge in [-0.3, -0.25) is 14.5 Å². The zero-order valence-electron chi connectivity index (χ0n) is 24.7. The molecule has 3 atom stereocenters. The fraction of sp³-hybridized carbons (Fsp3) is 0.533. The second kappa shape index (κ2) is 14.3. The fourth-order valence-corrected chi connectivity index (χ4v) is 5.76. The van der Waals surface area contributed by atoms with E-state index < -0.39 is 59.6 Å². The monoisotopic (exact) mass is 639 g/mol. The molecule has 1 unspecified atom stereocenters. The summed E-state index contributed by atoms with van der Waals surface area (Å²) in [5.41, 5.74) is -2.01. The molecule has 2 aromatic carbocycles. The Kier molecular flexibility index (Phi) is 12.1. The van der Waals surface area contributed by atoms with Gasteiger partial charge in [0, 0.05) is 38.5 Å². The SMILES string of the molecule is CCN(CC)C(C)C(=O)N1CC[C@@H](C(=O)N(C)Cc2cc(C(F)(F)F)cc(C(F)(F)F)c2)[C@H](c2ccc(F)cc2C)C1.Cl. The average molecular weight is 640 g/mol. The first kappa shape index (κ1) is 36.3. The summed E-state index contributed by atoms with van der Waals surface area (Å²) in [6, 6.07) is 4.99. The first-order valence-electron chi connectivity index (χ1n) is 13.8. The van der Waals surface area contributed by atoms with Crippen molar-refractivity contribution in [3.8, 4) is 0 Å². The zero-order valence-corrected chi connectivity index (χ0v) is 25.5. The van der Waals surface area contributed by atoms with E-state index in [1.165, 1.54) is 19.2 Å². The zero-order chi connectivity index (χ0) is 31.6. The van der Waals surface area contributed by atoms with Gasteiger partial charge in [-0.15, -0.1) is 12.4 Å². The van der Waals surface area contributed by atoms with Gasteiger partial charge in [-0.2, -0.15) is 26.3 Å². The minimum absolute atomic E-state index is 0. The maximum atomic E-state index is 13.9. The van der Waals surface area contributed by atoms with Gasteiger partial charge in [0.05, 0.1) is 17.2 Å². The fourth-order valence-electron chi connectivity index (χ4n) is 5.76. The summed E-state index contributed by atoms with van der Waals surface area (Å²) in [6.07, 6.45) is -9.80. The van der Waals surface area contributed by atoms with Crippen molar-refractivity contribution in [2.24, 2.45) is 5.92 Å². The number of likely N-dealkylation sites (tertiary alicyclic amines) is 1. The molecule has 240 valence electrons. The number of likely N-dealkylation sites (N-methyl/N-ethyl adjacent to an activating group) is 1. The molecule has 0 saturated carbocycles. The highest BCUT2D eigenvalue weighted by Crippen LogP contribution is 2.38. The van der Waals surface area contributed by atoms with Crippen LogP contribution < -0.4 is 0 Å². The molecule has 0 N–H and O–H groups in total. The van der Waals surface area contributed by atoms with E-state index in [0.717, 1.165) is 4.90 Å². The van der Waals surface area contributed by atoms with Crippen LogP contribution in [0.5, 0.6) is 0 Å². The predicted molar refractivity (Wildman–Crippen MR) is 151 cm³/mol. The number of piperidine rings is 1. The number of halogens is 8. The number of rotatable bonds is 8. The maximum Gasteiger partial charge on any atom is 0.416 e. The van der Waals surface area contributed by atoms with Crippen molar-refractivity contribution in [2.75, 3.05) is 33.2 Å².